The van der Waals surface area contributed by atoms with Gasteiger partial charge in [0.15, 0.2) is 0 Å². The maximum atomic E-state index is 11.9. The van der Waals surface area contributed by atoms with Crippen molar-refractivity contribution < 1.29 is 17.9 Å². The fourth-order valence-electron chi connectivity index (χ4n) is 1.71. The molecule has 3 N–H and O–H groups in total. The topological polar surface area (TPSA) is 60.2 Å². The summed E-state index contributed by atoms with van der Waals surface area (Å²) in [6.45, 7) is 1.37. The number of alkyl halides is 3. The van der Waals surface area contributed by atoms with Gasteiger partial charge in [-0.25, -0.2) is 0 Å². The summed E-state index contributed by atoms with van der Waals surface area (Å²) in [5.41, 5.74) is 7.17. The highest BCUT2D eigenvalue weighted by Gasteiger charge is 2.27. The number of ether oxygens (including phenoxy) is 1. The maximum Gasteiger partial charge on any atom is 0.411 e. The Morgan fingerprint density at radius 2 is 2.21 bits per heavy atom. The lowest BCUT2D eigenvalue weighted by Gasteiger charge is -2.19. The zero-order valence-corrected chi connectivity index (χ0v) is 10.7. The van der Waals surface area contributed by atoms with Crippen LogP contribution in [0, 0.1) is 0 Å². The van der Waals surface area contributed by atoms with Crippen molar-refractivity contribution in [2.24, 2.45) is 0 Å². The molecule has 1 aromatic heterocycles. The van der Waals surface area contributed by atoms with E-state index in [-0.39, 0.29) is 12.6 Å². The Kier molecular flexibility index (Phi) is 6.04. The molecule has 1 atom stereocenters. The van der Waals surface area contributed by atoms with E-state index in [1.807, 2.05) is 6.92 Å². The predicted octanol–water partition coefficient (Wildman–Crippen LogP) is 2.28. The minimum atomic E-state index is -4.29. The van der Waals surface area contributed by atoms with E-state index in [2.05, 4.69) is 15.0 Å². The number of nitrogen functional groups attached to an aromatic ring is 1. The predicted molar refractivity (Wildman–Crippen MR) is 66.6 cm³/mol. The van der Waals surface area contributed by atoms with E-state index in [9.17, 15) is 13.2 Å². The normalized spacial score (nSPS) is 13.5. The molecule has 108 valence electrons. The highest BCUT2D eigenvalue weighted by molar-refractivity contribution is 5.46. The molecule has 4 nitrogen and oxygen atoms in total. The van der Waals surface area contributed by atoms with Crippen LogP contribution in [-0.4, -0.2) is 30.9 Å². The van der Waals surface area contributed by atoms with Crippen molar-refractivity contribution in [2.75, 3.05) is 25.5 Å². The summed E-state index contributed by atoms with van der Waals surface area (Å²) in [6.07, 6.45) is -0.699. The monoisotopic (exact) mass is 277 g/mol. The number of nitrogens with zero attached hydrogens (tertiary/aromatic N) is 1. The second-order valence-corrected chi connectivity index (χ2v) is 4.07. The van der Waals surface area contributed by atoms with Crippen LogP contribution in [0.1, 0.15) is 24.9 Å². The Morgan fingerprint density at radius 3 is 2.79 bits per heavy atom. The Morgan fingerprint density at radius 1 is 1.47 bits per heavy atom. The lowest BCUT2D eigenvalue weighted by Crippen LogP contribution is -2.25. The molecule has 0 amide bonds. The fourth-order valence-corrected chi connectivity index (χ4v) is 1.71. The van der Waals surface area contributed by atoms with Crippen molar-refractivity contribution in [1.82, 2.24) is 10.3 Å². The van der Waals surface area contributed by atoms with Crippen LogP contribution in [0.4, 0.5) is 18.9 Å². The van der Waals surface area contributed by atoms with E-state index < -0.39 is 12.8 Å². The number of nitrogens with two attached hydrogens (primary N) is 1. The van der Waals surface area contributed by atoms with E-state index >= 15 is 0 Å². The van der Waals surface area contributed by atoms with Crippen LogP contribution in [0.25, 0.3) is 0 Å². The first-order valence-electron chi connectivity index (χ1n) is 6.01. The van der Waals surface area contributed by atoms with Crippen molar-refractivity contribution in [1.29, 1.82) is 0 Å². The summed E-state index contributed by atoms with van der Waals surface area (Å²) in [4.78, 5) is 3.98. The third-order valence-corrected chi connectivity index (χ3v) is 2.53. The number of rotatable bonds is 7. The van der Waals surface area contributed by atoms with E-state index in [1.54, 1.807) is 18.5 Å². The first-order valence-corrected chi connectivity index (χ1v) is 6.01. The summed E-state index contributed by atoms with van der Waals surface area (Å²) in [7, 11) is 0. The number of pyridine rings is 1. The van der Waals surface area contributed by atoms with Crippen molar-refractivity contribution in [3.05, 3.63) is 24.0 Å². The van der Waals surface area contributed by atoms with Gasteiger partial charge in [0.2, 0.25) is 0 Å². The van der Waals surface area contributed by atoms with Gasteiger partial charge in [0.05, 0.1) is 0 Å². The summed E-state index contributed by atoms with van der Waals surface area (Å²) >= 11 is 0. The van der Waals surface area contributed by atoms with Gasteiger partial charge in [-0.15, -0.1) is 0 Å². The lowest BCUT2D eigenvalue weighted by molar-refractivity contribution is -0.174. The SMILES string of the molecule is CCNC(CCOCC(F)(F)F)c1cnccc1N. The molecule has 1 unspecified atom stereocenters. The van der Waals surface area contributed by atoms with Crippen LogP contribution in [0.2, 0.25) is 0 Å². The molecule has 0 bridgehead atoms. The molecule has 0 aromatic carbocycles. The Labute approximate surface area is 110 Å². The zero-order chi connectivity index (χ0) is 14.3. The smallest absolute Gasteiger partial charge is 0.398 e. The van der Waals surface area contributed by atoms with Crippen LogP contribution in [-0.2, 0) is 4.74 Å². The number of anilines is 1. The average molecular weight is 277 g/mol. The van der Waals surface area contributed by atoms with Gasteiger partial charge in [0.25, 0.3) is 0 Å². The summed E-state index contributed by atoms with van der Waals surface area (Å²) in [6, 6.07) is 1.50. The molecule has 0 aliphatic carbocycles. The third-order valence-electron chi connectivity index (χ3n) is 2.53. The number of hydrogen-bond acceptors (Lipinski definition) is 4. The van der Waals surface area contributed by atoms with E-state index in [4.69, 9.17) is 5.73 Å². The molecule has 0 saturated carbocycles. The van der Waals surface area contributed by atoms with E-state index in [0.717, 1.165) is 5.56 Å². The molecule has 19 heavy (non-hydrogen) atoms. The molecular weight excluding hydrogens is 259 g/mol. The van der Waals surface area contributed by atoms with Crippen molar-refractivity contribution in [3.8, 4) is 0 Å². The highest BCUT2D eigenvalue weighted by atomic mass is 19.4. The fraction of sp³-hybridized carbons (Fsp3) is 0.583. The van der Waals surface area contributed by atoms with Gasteiger partial charge in [-0.1, -0.05) is 6.92 Å². The second-order valence-electron chi connectivity index (χ2n) is 4.07. The van der Waals surface area contributed by atoms with Gasteiger partial charge in [0, 0.05) is 36.3 Å². The Balaban J connectivity index is 2.52. The van der Waals surface area contributed by atoms with Gasteiger partial charge in [-0.05, 0) is 19.0 Å². The van der Waals surface area contributed by atoms with Gasteiger partial charge in [-0.3, -0.25) is 4.98 Å². The van der Waals surface area contributed by atoms with Crippen LogP contribution >= 0.6 is 0 Å². The number of hydrogen-bond donors (Lipinski definition) is 2. The summed E-state index contributed by atoms with van der Waals surface area (Å²) < 4.78 is 40.4. The Hall–Kier alpha value is -1.34. The maximum absolute atomic E-state index is 11.9. The molecule has 0 spiro atoms. The Bertz CT molecular complexity index is 385. The standard InChI is InChI=1S/C12H18F3N3O/c1-2-18-11(4-6-19-8-12(13,14)15)9-7-17-5-3-10(9)16/h3,5,7,11,18H,2,4,6,8H2,1H3,(H2,16,17). The third kappa shape index (κ3) is 5.89. The highest BCUT2D eigenvalue weighted by Crippen LogP contribution is 2.22. The molecule has 0 saturated heterocycles. The molecule has 0 aliphatic rings. The molecule has 0 aliphatic heterocycles. The lowest BCUT2D eigenvalue weighted by atomic mass is 10.0. The van der Waals surface area contributed by atoms with Crippen molar-refractivity contribution >= 4 is 5.69 Å². The van der Waals surface area contributed by atoms with Crippen molar-refractivity contribution in [2.45, 2.75) is 25.6 Å². The second kappa shape index (κ2) is 7.30. The molecule has 0 radical (unpaired) electrons. The van der Waals surface area contributed by atoms with Gasteiger partial charge in [-0.2, -0.15) is 13.2 Å². The zero-order valence-electron chi connectivity index (χ0n) is 10.7. The minimum absolute atomic E-state index is 0.00547. The van der Waals surface area contributed by atoms with Crippen LogP contribution < -0.4 is 11.1 Å². The first kappa shape index (κ1) is 15.7. The summed E-state index contributed by atoms with van der Waals surface area (Å²) in [5, 5.41) is 3.16. The van der Waals surface area contributed by atoms with Crippen LogP contribution in [0.3, 0.4) is 0 Å². The molecule has 1 rings (SSSR count). The van der Waals surface area contributed by atoms with Crippen molar-refractivity contribution in [3.63, 3.8) is 0 Å². The minimum Gasteiger partial charge on any atom is -0.398 e. The molecule has 1 aromatic rings. The molecule has 7 heteroatoms. The molecule has 1 heterocycles. The average Bonchev–Trinajstić information content (AvgIpc) is 2.33. The van der Waals surface area contributed by atoms with Gasteiger partial charge in [0.1, 0.15) is 6.61 Å². The van der Waals surface area contributed by atoms with Gasteiger partial charge >= 0.3 is 6.18 Å². The summed E-state index contributed by atoms with van der Waals surface area (Å²) in [5.74, 6) is 0. The molecular formula is C12H18F3N3O. The van der Waals surface area contributed by atoms with E-state index in [1.165, 1.54) is 0 Å². The van der Waals surface area contributed by atoms with Gasteiger partial charge < -0.3 is 15.8 Å². The quantitative estimate of drug-likeness (QED) is 0.751. The van der Waals surface area contributed by atoms with E-state index in [0.29, 0.717) is 18.7 Å². The first-order chi connectivity index (χ1) is 8.94. The number of halogens is 3. The van der Waals surface area contributed by atoms with Crippen LogP contribution in [0.15, 0.2) is 18.5 Å². The number of aromatic nitrogens is 1. The van der Waals surface area contributed by atoms with Crippen LogP contribution in [0.5, 0.6) is 0 Å². The largest absolute Gasteiger partial charge is 0.411 e. The molecule has 0 fully saturated rings. The number of nitrogens with one attached hydrogen (secondary N) is 1.